The number of nitrogens with zero attached hydrogens (tertiary/aromatic N) is 1. The number of hydrogen-bond acceptors (Lipinski definition) is 5. The molecule has 1 aromatic rings. The Morgan fingerprint density at radius 2 is 1.97 bits per heavy atom. The van der Waals surface area contributed by atoms with E-state index < -0.39 is 18.3 Å². The molecule has 0 aromatic carbocycles. The van der Waals surface area contributed by atoms with E-state index in [4.69, 9.17) is 4.98 Å². The van der Waals surface area contributed by atoms with Crippen LogP contribution in [-0.4, -0.2) is 38.6 Å². The van der Waals surface area contributed by atoms with Crippen LogP contribution < -0.4 is 0 Å². The van der Waals surface area contributed by atoms with Crippen molar-refractivity contribution in [3.05, 3.63) is 63.7 Å². The molecule has 38 heavy (non-hydrogen) atoms. The Hall–Kier alpha value is -1.53. The zero-order valence-corrected chi connectivity index (χ0v) is 24.3. The van der Waals surface area contributed by atoms with Crippen molar-refractivity contribution < 1.29 is 15.3 Å². The van der Waals surface area contributed by atoms with E-state index in [-0.39, 0.29) is 10.8 Å². The second-order valence-electron chi connectivity index (χ2n) is 12.9. The quantitative estimate of drug-likeness (QED) is 0.318. The Bertz CT molecular complexity index is 1110. The number of rotatable bonds is 8. The third-order valence-electron chi connectivity index (χ3n) is 10.4. The Morgan fingerprint density at radius 1 is 1.18 bits per heavy atom. The van der Waals surface area contributed by atoms with Crippen LogP contribution in [0, 0.1) is 23.2 Å². The number of aliphatic hydroxyl groups excluding tert-OH is 3. The maximum absolute atomic E-state index is 11.2. The zero-order chi connectivity index (χ0) is 27.1. The van der Waals surface area contributed by atoms with Crippen LogP contribution in [0.2, 0.25) is 0 Å². The third-order valence-corrected chi connectivity index (χ3v) is 11.5. The summed E-state index contributed by atoms with van der Waals surface area (Å²) in [6, 6.07) is 0. The van der Waals surface area contributed by atoms with Crippen LogP contribution in [0.5, 0.6) is 0 Å². The lowest BCUT2D eigenvalue weighted by molar-refractivity contribution is 0.0862. The highest BCUT2D eigenvalue weighted by atomic mass is 32.1. The first-order valence-corrected chi connectivity index (χ1v) is 15.8. The van der Waals surface area contributed by atoms with Gasteiger partial charge in [0.15, 0.2) is 0 Å². The predicted octanol–water partition coefficient (Wildman–Crippen LogP) is 6.82. The number of allylic oxidation sites excluding steroid dienone is 4. The fraction of sp³-hybridized carbons (Fsp3) is 0.667. The fourth-order valence-corrected chi connectivity index (χ4v) is 9.03. The van der Waals surface area contributed by atoms with E-state index in [1.54, 1.807) is 11.3 Å². The van der Waals surface area contributed by atoms with Crippen molar-refractivity contribution in [1.82, 2.24) is 4.98 Å². The Morgan fingerprint density at radius 3 is 2.71 bits per heavy atom. The van der Waals surface area contributed by atoms with Gasteiger partial charge in [0.1, 0.15) is 5.01 Å². The first kappa shape index (κ1) is 28.0. The molecule has 0 radical (unpaired) electrons. The van der Waals surface area contributed by atoms with Crippen molar-refractivity contribution in [2.45, 2.75) is 115 Å². The van der Waals surface area contributed by atoms with Gasteiger partial charge in [0.25, 0.3) is 0 Å². The minimum absolute atomic E-state index is 0.159. The average molecular weight is 538 g/mol. The minimum atomic E-state index is -0.636. The molecule has 5 heteroatoms. The molecule has 0 aliphatic heterocycles. The molecule has 5 rings (SSSR count). The van der Waals surface area contributed by atoms with Crippen molar-refractivity contribution in [3.8, 4) is 0 Å². The van der Waals surface area contributed by atoms with Gasteiger partial charge in [-0.1, -0.05) is 63.6 Å². The predicted molar refractivity (Wildman–Crippen MR) is 156 cm³/mol. The molecule has 4 aliphatic rings. The highest BCUT2D eigenvalue weighted by molar-refractivity contribution is 7.09. The minimum Gasteiger partial charge on any atom is -0.393 e. The lowest BCUT2D eigenvalue weighted by atomic mass is 9.61. The van der Waals surface area contributed by atoms with Gasteiger partial charge in [0, 0.05) is 11.8 Å². The topological polar surface area (TPSA) is 73.6 Å². The molecule has 4 nitrogen and oxygen atoms in total. The second-order valence-corrected chi connectivity index (χ2v) is 13.8. The van der Waals surface area contributed by atoms with E-state index in [0.29, 0.717) is 30.6 Å². The molecule has 4 aliphatic carbocycles. The molecule has 0 unspecified atom stereocenters. The monoisotopic (exact) mass is 537 g/mol. The molecular formula is C33H47NO3S. The standard InChI is InChI=1S/C33H47NO3S/c1-5-7-25-20-38-31(34-25)33(16-17-33)30(37)14-9-21(2)27-12-13-28-23(8-6-15-32(27,28)4)10-11-24-18-26(35)19-29(36)22(24)3/h9-11,14,20-21,26-30,35-37H,3,5-8,12-13,15-19H2,1-2,4H3/b14-9+,23-10+,24-11-/t21-,26-,27-,28+,29+,30-,32-/m1/s1. The van der Waals surface area contributed by atoms with Gasteiger partial charge in [-0.25, -0.2) is 4.98 Å². The van der Waals surface area contributed by atoms with Gasteiger partial charge in [0.2, 0.25) is 0 Å². The summed E-state index contributed by atoms with van der Waals surface area (Å²) in [5.41, 5.74) is 4.56. The lowest BCUT2D eigenvalue weighted by Gasteiger charge is -2.44. The van der Waals surface area contributed by atoms with Crippen molar-refractivity contribution in [2.24, 2.45) is 23.2 Å². The largest absolute Gasteiger partial charge is 0.393 e. The molecule has 1 heterocycles. The SMILES string of the molecule is C=C1/C(=C\C=C2/CCC[C@]3(C)[C@@H]([C@H](C)/C=C/[C@@H](O)C4(c5nc(CCC)cs5)CC4)CC[C@@H]23)C[C@@H](O)C[C@@H]1O. The summed E-state index contributed by atoms with van der Waals surface area (Å²) in [6.07, 6.45) is 18.4. The maximum Gasteiger partial charge on any atom is 0.102 e. The van der Waals surface area contributed by atoms with Crippen molar-refractivity contribution in [3.63, 3.8) is 0 Å². The van der Waals surface area contributed by atoms with Crippen LogP contribution in [0.15, 0.2) is 53.0 Å². The van der Waals surface area contributed by atoms with Crippen LogP contribution in [0.1, 0.15) is 95.7 Å². The zero-order valence-electron chi connectivity index (χ0n) is 23.5. The summed E-state index contributed by atoms with van der Waals surface area (Å²) in [5.74, 6) is 1.60. The molecular weight excluding hydrogens is 490 g/mol. The number of aryl methyl sites for hydroxylation is 1. The first-order chi connectivity index (χ1) is 18.2. The van der Waals surface area contributed by atoms with Crippen molar-refractivity contribution >= 4 is 11.3 Å². The molecule has 4 saturated carbocycles. The van der Waals surface area contributed by atoms with Crippen LogP contribution in [-0.2, 0) is 11.8 Å². The number of thiazole rings is 1. The number of fused-ring (bicyclic) bond motifs is 1. The number of aromatic nitrogens is 1. The third kappa shape index (κ3) is 5.29. The fourth-order valence-electron chi connectivity index (χ4n) is 7.88. The second kappa shape index (κ2) is 11.2. The molecule has 0 saturated heterocycles. The van der Waals surface area contributed by atoms with Gasteiger partial charge in [-0.2, -0.15) is 0 Å². The summed E-state index contributed by atoms with van der Waals surface area (Å²) in [7, 11) is 0. The van der Waals surface area contributed by atoms with Crippen molar-refractivity contribution in [1.29, 1.82) is 0 Å². The van der Waals surface area contributed by atoms with Gasteiger partial charge in [-0.05, 0) is 92.1 Å². The van der Waals surface area contributed by atoms with E-state index in [0.717, 1.165) is 48.3 Å². The first-order valence-electron chi connectivity index (χ1n) is 14.9. The Balaban J connectivity index is 1.27. The van der Waals surface area contributed by atoms with Crippen LogP contribution in [0.4, 0.5) is 0 Å². The summed E-state index contributed by atoms with van der Waals surface area (Å²) >= 11 is 1.73. The number of aliphatic hydroxyl groups is 3. The molecule has 4 fully saturated rings. The summed E-state index contributed by atoms with van der Waals surface area (Å²) in [4.78, 5) is 4.88. The normalized spacial score (nSPS) is 36.6. The summed E-state index contributed by atoms with van der Waals surface area (Å²) in [6.45, 7) is 11.1. The lowest BCUT2D eigenvalue weighted by Crippen LogP contribution is -2.35. The molecule has 0 bridgehead atoms. The van der Waals surface area contributed by atoms with E-state index in [9.17, 15) is 15.3 Å². The van der Waals surface area contributed by atoms with Crippen LogP contribution in [0.25, 0.3) is 0 Å². The van der Waals surface area contributed by atoms with Gasteiger partial charge in [0.05, 0.1) is 29.4 Å². The van der Waals surface area contributed by atoms with Gasteiger partial charge in [-0.15, -0.1) is 11.3 Å². The summed E-state index contributed by atoms with van der Waals surface area (Å²) in [5, 5.41) is 34.9. The molecule has 1 aromatic heterocycles. The van der Waals surface area contributed by atoms with E-state index in [1.165, 1.54) is 37.0 Å². The van der Waals surface area contributed by atoms with Crippen LogP contribution in [0.3, 0.4) is 0 Å². The molecule has 0 amide bonds. The molecule has 0 spiro atoms. The van der Waals surface area contributed by atoms with E-state index >= 15 is 0 Å². The smallest absolute Gasteiger partial charge is 0.102 e. The highest BCUT2D eigenvalue weighted by Crippen LogP contribution is 2.60. The molecule has 3 N–H and O–H groups in total. The molecule has 208 valence electrons. The van der Waals surface area contributed by atoms with E-state index in [1.807, 2.05) is 0 Å². The van der Waals surface area contributed by atoms with Gasteiger partial charge >= 0.3 is 0 Å². The van der Waals surface area contributed by atoms with Crippen LogP contribution >= 0.6 is 11.3 Å². The summed E-state index contributed by atoms with van der Waals surface area (Å²) < 4.78 is 0. The Labute approximate surface area is 233 Å². The Kier molecular flexibility index (Phi) is 8.22. The molecule has 7 atom stereocenters. The van der Waals surface area contributed by atoms with Gasteiger partial charge in [-0.3, -0.25) is 0 Å². The van der Waals surface area contributed by atoms with Crippen molar-refractivity contribution in [2.75, 3.05) is 0 Å². The highest BCUT2D eigenvalue weighted by Gasteiger charge is 2.53. The van der Waals surface area contributed by atoms with E-state index in [2.05, 4.69) is 57.0 Å². The van der Waals surface area contributed by atoms with Gasteiger partial charge < -0.3 is 15.3 Å². The number of hydrogen-bond donors (Lipinski definition) is 3. The maximum atomic E-state index is 11.2. The average Bonchev–Trinajstić information content (AvgIpc) is 3.42.